The van der Waals surface area contributed by atoms with Crippen molar-refractivity contribution in [2.24, 2.45) is 0 Å². The van der Waals surface area contributed by atoms with Gasteiger partial charge in [0, 0.05) is 25.2 Å². The number of likely N-dealkylation sites (N-methyl/N-ethyl adjacent to an activating group) is 1. The summed E-state index contributed by atoms with van der Waals surface area (Å²) in [4.78, 5) is 26.7. The molecule has 1 aliphatic heterocycles. The summed E-state index contributed by atoms with van der Waals surface area (Å²) in [6, 6.07) is 2.90. The predicted octanol–water partition coefficient (Wildman–Crippen LogP) is 1.90. The van der Waals surface area contributed by atoms with E-state index in [9.17, 15) is 19.3 Å². The SMILES string of the molecule is CC1CN(C)CCCN1C(=O)c1cc(F)ccc1[N+](=O)[O-]. The molecule has 0 aromatic heterocycles. The third kappa shape index (κ3) is 3.36. The molecule has 0 spiro atoms. The Morgan fingerprint density at radius 2 is 2.14 bits per heavy atom. The molecule has 6 nitrogen and oxygen atoms in total. The zero-order valence-electron chi connectivity index (χ0n) is 12.1. The fourth-order valence-electron chi connectivity index (χ4n) is 2.67. The van der Waals surface area contributed by atoms with Crippen LogP contribution in [0.15, 0.2) is 18.2 Å². The van der Waals surface area contributed by atoms with Gasteiger partial charge in [0.15, 0.2) is 0 Å². The van der Waals surface area contributed by atoms with Gasteiger partial charge >= 0.3 is 0 Å². The van der Waals surface area contributed by atoms with Crippen molar-refractivity contribution < 1.29 is 14.1 Å². The maximum absolute atomic E-state index is 13.4. The smallest absolute Gasteiger partial charge is 0.282 e. The van der Waals surface area contributed by atoms with Crippen LogP contribution >= 0.6 is 0 Å². The second-order valence-corrected chi connectivity index (χ2v) is 5.38. The van der Waals surface area contributed by atoms with Crippen LogP contribution in [0.2, 0.25) is 0 Å². The van der Waals surface area contributed by atoms with Gasteiger partial charge in [0.2, 0.25) is 0 Å². The molecule has 0 saturated carbocycles. The van der Waals surface area contributed by atoms with Gasteiger partial charge in [0.05, 0.1) is 4.92 Å². The average Bonchev–Trinajstić information content (AvgIpc) is 2.58. The third-order valence-corrected chi connectivity index (χ3v) is 3.69. The molecule has 1 saturated heterocycles. The van der Waals surface area contributed by atoms with Gasteiger partial charge in [0.1, 0.15) is 11.4 Å². The topological polar surface area (TPSA) is 66.7 Å². The van der Waals surface area contributed by atoms with Gasteiger partial charge in [-0.05, 0) is 39.1 Å². The van der Waals surface area contributed by atoms with E-state index in [1.54, 1.807) is 4.90 Å². The van der Waals surface area contributed by atoms with Crippen LogP contribution in [0.5, 0.6) is 0 Å². The Hall–Kier alpha value is -2.02. The van der Waals surface area contributed by atoms with E-state index in [2.05, 4.69) is 4.90 Å². The Morgan fingerprint density at radius 3 is 2.81 bits per heavy atom. The quantitative estimate of drug-likeness (QED) is 0.617. The van der Waals surface area contributed by atoms with Gasteiger partial charge in [-0.1, -0.05) is 0 Å². The Morgan fingerprint density at radius 1 is 1.43 bits per heavy atom. The highest BCUT2D eigenvalue weighted by molar-refractivity contribution is 5.98. The zero-order chi connectivity index (χ0) is 15.6. The molecule has 1 fully saturated rings. The molecule has 1 aromatic carbocycles. The normalized spacial score (nSPS) is 20.1. The van der Waals surface area contributed by atoms with Crippen molar-refractivity contribution in [3.05, 3.63) is 39.7 Å². The van der Waals surface area contributed by atoms with Gasteiger partial charge in [0.25, 0.3) is 11.6 Å². The largest absolute Gasteiger partial charge is 0.334 e. The van der Waals surface area contributed by atoms with E-state index in [4.69, 9.17) is 0 Å². The minimum Gasteiger partial charge on any atom is -0.334 e. The fourth-order valence-corrected chi connectivity index (χ4v) is 2.67. The molecule has 0 bridgehead atoms. The molecule has 7 heteroatoms. The molecule has 1 atom stereocenters. The fraction of sp³-hybridized carbons (Fsp3) is 0.500. The summed E-state index contributed by atoms with van der Waals surface area (Å²) in [5.74, 6) is -1.13. The predicted molar refractivity (Wildman–Crippen MR) is 75.7 cm³/mol. The first-order valence-corrected chi connectivity index (χ1v) is 6.83. The second-order valence-electron chi connectivity index (χ2n) is 5.38. The standard InChI is InChI=1S/C14H18FN3O3/c1-10-9-16(2)6-3-7-17(10)14(19)12-8-11(15)4-5-13(12)18(20)21/h4-5,8,10H,3,6-7,9H2,1-2H3. The van der Waals surface area contributed by atoms with Gasteiger partial charge in [-0.3, -0.25) is 14.9 Å². The third-order valence-electron chi connectivity index (χ3n) is 3.69. The Kier molecular flexibility index (Phi) is 4.52. The van der Waals surface area contributed by atoms with Crippen LogP contribution in [0.25, 0.3) is 0 Å². The lowest BCUT2D eigenvalue weighted by molar-refractivity contribution is -0.385. The van der Waals surface area contributed by atoms with E-state index < -0.39 is 16.6 Å². The Bertz CT molecular complexity index is 564. The molecule has 0 N–H and O–H groups in total. The zero-order valence-corrected chi connectivity index (χ0v) is 12.1. The van der Waals surface area contributed by atoms with Gasteiger partial charge in [-0.25, -0.2) is 4.39 Å². The summed E-state index contributed by atoms with van der Waals surface area (Å²) in [6.45, 7) is 3.96. The molecule has 0 radical (unpaired) electrons. The summed E-state index contributed by atoms with van der Waals surface area (Å²) in [7, 11) is 1.97. The van der Waals surface area contributed by atoms with E-state index >= 15 is 0 Å². The monoisotopic (exact) mass is 295 g/mol. The van der Waals surface area contributed by atoms with Crippen molar-refractivity contribution in [2.75, 3.05) is 26.7 Å². The molecule has 2 rings (SSSR count). The van der Waals surface area contributed by atoms with Crippen LogP contribution < -0.4 is 0 Å². The van der Waals surface area contributed by atoms with Gasteiger partial charge < -0.3 is 9.80 Å². The number of carbonyl (C=O) groups is 1. The van der Waals surface area contributed by atoms with E-state index in [0.717, 1.165) is 31.2 Å². The molecule has 1 unspecified atom stereocenters. The van der Waals surface area contributed by atoms with Crippen LogP contribution in [-0.2, 0) is 0 Å². The van der Waals surface area contributed by atoms with Gasteiger partial charge in [-0.15, -0.1) is 0 Å². The van der Waals surface area contributed by atoms with Crippen molar-refractivity contribution >= 4 is 11.6 Å². The molecule has 0 aliphatic carbocycles. The maximum atomic E-state index is 13.4. The average molecular weight is 295 g/mol. The molecule has 1 heterocycles. The first-order chi connectivity index (χ1) is 9.90. The molecular formula is C14H18FN3O3. The van der Waals surface area contributed by atoms with Crippen LogP contribution in [0.1, 0.15) is 23.7 Å². The van der Waals surface area contributed by atoms with Crippen molar-refractivity contribution in [1.29, 1.82) is 0 Å². The number of hydrogen-bond acceptors (Lipinski definition) is 4. The molecule has 1 aromatic rings. The Balaban J connectivity index is 2.34. The minimum atomic E-state index is -0.652. The molecule has 21 heavy (non-hydrogen) atoms. The first kappa shape index (κ1) is 15.4. The first-order valence-electron chi connectivity index (χ1n) is 6.83. The van der Waals surface area contributed by atoms with Crippen LogP contribution in [-0.4, -0.2) is 53.4 Å². The number of hydrogen-bond donors (Lipinski definition) is 0. The van der Waals surface area contributed by atoms with E-state index in [1.165, 1.54) is 0 Å². The van der Waals surface area contributed by atoms with Crippen molar-refractivity contribution in [3.63, 3.8) is 0 Å². The summed E-state index contributed by atoms with van der Waals surface area (Å²) < 4.78 is 13.4. The lowest BCUT2D eigenvalue weighted by atomic mass is 10.1. The molecule has 1 aliphatic rings. The molecule has 1 amide bonds. The van der Waals surface area contributed by atoms with Crippen molar-refractivity contribution in [2.45, 2.75) is 19.4 Å². The number of rotatable bonds is 2. The number of nitro groups is 1. The summed E-state index contributed by atoms with van der Waals surface area (Å²) in [5.41, 5.74) is -0.539. The number of amides is 1. The number of nitro benzene ring substituents is 1. The molecular weight excluding hydrogens is 277 g/mol. The van der Waals surface area contributed by atoms with E-state index in [-0.39, 0.29) is 17.3 Å². The summed E-state index contributed by atoms with van der Waals surface area (Å²) >= 11 is 0. The van der Waals surface area contributed by atoms with Crippen molar-refractivity contribution in [3.8, 4) is 0 Å². The highest BCUT2D eigenvalue weighted by Crippen LogP contribution is 2.23. The number of nitrogens with zero attached hydrogens (tertiary/aromatic N) is 3. The lowest BCUT2D eigenvalue weighted by Crippen LogP contribution is -2.42. The van der Waals surface area contributed by atoms with Gasteiger partial charge in [-0.2, -0.15) is 0 Å². The minimum absolute atomic E-state index is 0.0760. The van der Waals surface area contributed by atoms with Crippen LogP contribution in [0.3, 0.4) is 0 Å². The van der Waals surface area contributed by atoms with E-state index in [0.29, 0.717) is 13.1 Å². The Labute approximate surface area is 122 Å². The maximum Gasteiger partial charge on any atom is 0.282 e. The number of benzene rings is 1. The highest BCUT2D eigenvalue weighted by Gasteiger charge is 2.29. The van der Waals surface area contributed by atoms with E-state index in [1.807, 2.05) is 14.0 Å². The summed E-state index contributed by atoms with van der Waals surface area (Å²) in [6.07, 6.45) is 0.787. The van der Waals surface area contributed by atoms with Crippen LogP contribution in [0.4, 0.5) is 10.1 Å². The lowest BCUT2D eigenvalue weighted by Gasteiger charge is -2.28. The summed E-state index contributed by atoms with van der Waals surface area (Å²) in [5, 5.41) is 11.0. The number of halogens is 1. The second kappa shape index (κ2) is 6.17. The van der Waals surface area contributed by atoms with Crippen LogP contribution in [0, 0.1) is 15.9 Å². The van der Waals surface area contributed by atoms with Crippen molar-refractivity contribution in [1.82, 2.24) is 9.80 Å². The number of carbonyl (C=O) groups excluding carboxylic acids is 1. The molecule has 114 valence electrons. The highest BCUT2D eigenvalue weighted by atomic mass is 19.1.